The molecule has 1 aromatic rings. The molecule has 1 fully saturated rings. The van der Waals surface area contributed by atoms with Crippen molar-refractivity contribution in [3.05, 3.63) is 18.2 Å². The summed E-state index contributed by atoms with van der Waals surface area (Å²) in [6, 6.07) is 5.94. The predicted octanol–water partition coefficient (Wildman–Crippen LogP) is 1.46. The van der Waals surface area contributed by atoms with Crippen molar-refractivity contribution in [2.75, 3.05) is 52.3 Å². The summed E-state index contributed by atoms with van der Waals surface area (Å²) >= 11 is 0. The zero-order chi connectivity index (χ0) is 12.3. The zero-order valence-corrected chi connectivity index (χ0v) is 10.8. The van der Waals surface area contributed by atoms with Crippen LogP contribution in [0.15, 0.2) is 18.2 Å². The van der Waals surface area contributed by atoms with Gasteiger partial charge in [-0.1, -0.05) is 0 Å². The second-order valence-electron chi connectivity index (χ2n) is 4.33. The molecule has 0 radical (unpaired) electrons. The van der Waals surface area contributed by atoms with Crippen molar-refractivity contribution in [3.8, 4) is 11.5 Å². The molecule has 0 saturated carbocycles. The SMILES string of the molecule is COc1ccc(OC)c(N2CCN(C)CC2)c1. The molecule has 0 N–H and O–H groups in total. The van der Waals surface area contributed by atoms with Crippen LogP contribution in [0.1, 0.15) is 0 Å². The van der Waals surface area contributed by atoms with Crippen molar-refractivity contribution in [3.63, 3.8) is 0 Å². The number of methoxy groups -OCH3 is 2. The maximum atomic E-state index is 5.41. The van der Waals surface area contributed by atoms with E-state index in [-0.39, 0.29) is 0 Å². The molecule has 0 atom stereocenters. The molecule has 1 aliphatic heterocycles. The Balaban J connectivity index is 2.23. The van der Waals surface area contributed by atoms with Crippen LogP contribution in [0.4, 0.5) is 5.69 Å². The van der Waals surface area contributed by atoms with E-state index in [1.807, 2.05) is 18.2 Å². The van der Waals surface area contributed by atoms with E-state index in [4.69, 9.17) is 9.47 Å². The van der Waals surface area contributed by atoms with Gasteiger partial charge in [0.2, 0.25) is 0 Å². The van der Waals surface area contributed by atoms with Crippen molar-refractivity contribution in [1.82, 2.24) is 4.90 Å². The van der Waals surface area contributed by atoms with Gasteiger partial charge in [0.25, 0.3) is 0 Å². The first-order valence-electron chi connectivity index (χ1n) is 5.90. The Labute approximate surface area is 103 Å². The van der Waals surface area contributed by atoms with Crippen LogP contribution < -0.4 is 14.4 Å². The van der Waals surface area contributed by atoms with Gasteiger partial charge in [-0.3, -0.25) is 0 Å². The van der Waals surface area contributed by atoms with Gasteiger partial charge >= 0.3 is 0 Å². The number of nitrogens with zero attached hydrogens (tertiary/aromatic N) is 2. The largest absolute Gasteiger partial charge is 0.497 e. The first-order chi connectivity index (χ1) is 8.24. The lowest BCUT2D eigenvalue weighted by atomic mass is 10.2. The molecular weight excluding hydrogens is 216 g/mol. The number of ether oxygens (including phenoxy) is 2. The lowest BCUT2D eigenvalue weighted by molar-refractivity contribution is 0.310. The number of likely N-dealkylation sites (N-methyl/N-ethyl adjacent to an activating group) is 1. The first kappa shape index (κ1) is 12.0. The second kappa shape index (κ2) is 5.27. The lowest BCUT2D eigenvalue weighted by Gasteiger charge is -2.34. The van der Waals surface area contributed by atoms with E-state index in [1.165, 1.54) is 0 Å². The highest BCUT2D eigenvalue weighted by Gasteiger charge is 2.18. The normalized spacial score (nSPS) is 17.0. The van der Waals surface area contributed by atoms with E-state index < -0.39 is 0 Å². The van der Waals surface area contributed by atoms with Crippen molar-refractivity contribution < 1.29 is 9.47 Å². The van der Waals surface area contributed by atoms with Crippen LogP contribution in [-0.4, -0.2) is 52.3 Å². The minimum absolute atomic E-state index is 0.875. The van der Waals surface area contributed by atoms with Crippen molar-refractivity contribution in [1.29, 1.82) is 0 Å². The minimum Gasteiger partial charge on any atom is -0.497 e. The predicted molar refractivity (Wildman–Crippen MR) is 69.3 cm³/mol. The van der Waals surface area contributed by atoms with Gasteiger partial charge in [0.15, 0.2) is 0 Å². The second-order valence-corrected chi connectivity index (χ2v) is 4.33. The van der Waals surface area contributed by atoms with Gasteiger partial charge in [0, 0.05) is 32.2 Å². The Bertz CT molecular complexity index is 374. The molecule has 4 heteroatoms. The van der Waals surface area contributed by atoms with Crippen molar-refractivity contribution in [2.24, 2.45) is 0 Å². The molecular formula is C13H20N2O2. The van der Waals surface area contributed by atoms with E-state index in [9.17, 15) is 0 Å². The molecule has 4 nitrogen and oxygen atoms in total. The molecule has 0 bridgehead atoms. The highest BCUT2D eigenvalue weighted by molar-refractivity contribution is 5.61. The monoisotopic (exact) mass is 236 g/mol. The van der Waals surface area contributed by atoms with Crippen LogP contribution in [0.2, 0.25) is 0 Å². The summed E-state index contributed by atoms with van der Waals surface area (Å²) < 4.78 is 10.7. The van der Waals surface area contributed by atoms with Crippen molar-refractivity contribution >= 4 is 5.69 Å². The first-order valence-corrected chi connectivity index (χ1v) is 5.90. The van der Waals surface area contributed by atoms with Crippen molar-refractivity contribution in [2.45, 2.75) is 0 Å². The maximum Gasteiger partial charge on any atom is 0.142 e. The molecule has 0 aliphatic carbocycles. The van der Waals surface area contributed by atoms with E-state index in [2.05, 4.69) is 16.8 Å². The van der Waals surface area contributed by atoms with Crippen LogP contribution in [0.5, 0.6) is 11.5 Å². The average Bonchev–Trinajstić information content (AvgIpc) is 2.39. The van der Waals surface area contributed by atoms with Crippen LogP contribution in [0, 0.1) is 0 Å². The Morgan fingerprint density at radius 2 is 1.71 bits per heavy atom. The third-order valence-corrected chi connectivity index (χ3v) is 3.23. The maximum absolute atomic E-state index is 5.41. The Kier molecular flexibility index (Phi) is 3.74. The number of anilines is 1. The molecule has 0 unspecified atom stereocenters. The summed E-state index contributed by atoms with van der Waals surface area (Å²) in [5.41, 5.74) is 1.12. The summed E-state index contributed by atoms with van der Waals surface area (Å²) in [5.74, 6) is 1.79. The summed E-state index contributed by atoms with van der Waals surface area (Å²) in [7, 11) is 5.55. The Morgan fingerprint density at radius 1 is 1.00 bits per heavy atom. The smallest absolute Gasteiger partial charge is 0.142 e. The van der Waals surface area contributed by atoms with Crippen LogP contribution in [0.3, 0.4) is 0 Å². The number of piperazine rings is 1. The molecule has 0 spiro atoms. The molecule has 0 amide bonds. The average molecular weight is 236 g/mol. The molecule has 2 rings (SSSR count). The molecule has 1 aromatic carbocycles. The fourth-order valence-electron chi connectivity index (χ4n) is 2.09. The van der Waals surface area contributed by atoms with Crippen LogP contribution in [0.25, 0.3) is 0 Å². The topological polar surface area (TPSA) is 24.9 Å². The van der Waals surface area contributed by atoms with Gasteiger partial charge in [-0.2, -0.15) is 0 Å². The summed E-state index contributed by atoms with van der Waals surface area (Å²) in [5, 5.41) is 0. The lowest BCUT2D eigenvalue weighted by Crippen LogP contribution is -2.44. The van der Waals surface area contributed by atoms with E-state index in [1.54, 1.807) is 14.2 Å². The molecule has 94 valence electrons. The van der Waals surface area contributed by atoms with Gasteiger partial charge in [0.1, 0.15) is 11.5 Å². The molecule has 1 saturated heterocycles. The highest BCUT2D eigenvalue weighted by Crippen LogP contribution is 2.32. The molecule has 1 heterocycles. The fourth-order valence-corrected chi connectivity index (χ4v) is 2.09. The minimum atomic E-state index is 0.875. The van der Waals surface area contributed by atoms with Crippen LogP contribution in [-0.2, 0) is 0 Å². The quantitative estimate of drug-likeness (QED) is 0.793. The van der Waals surface area contributed by atoms with Crippen LogP contribution >= 0.6 is 0 Å². The highest BCUT2D eigenvalue weighted by atomic mass is 16.5. The standard InChI is InChI=1S/C13H20N2O2/c1-14-6-8-15(9-7-14)12-10-11(16-2)4-5-13(12)17-3/h4-5,10H,6-9H2,1-3H3. The third kappa shape index (κ3) is 2.64. The van der Waals surface area contributed by atoms with E-state index >= 15 is 0 Å². The molecule has 1 aliphatic rings. The Morgan fingerprint density at radius 3 is 2.29 bits per heavy atom. The van der Waals surface area contributed by atoms with Gasteiger partial charge < -0.3 is 19.3 Å². The zero-order valence-electron chi connectivity index (χ0n) is 10.8. The van der Waals surface area contributed by atoms with Gasteiger partial charge in [-0.25, -0.2) is 0 Å². The van der Waals surface area contributed by atoms with E-state index in [0.717, 1.165) is 43.4 Å². The van der Waals surface area contributed by atoms with Gasteiger partial charge in [-0.05, 0) is 19.2 Å². The van der Waals surface area contributed by atoms with E-state index in [0.29, 0.717) is 0 Å². The summed E-state index contributed by atoms with van der Waals surface area (Å²) in [4.78, 5) is 4.69. The molecule has 17 heavy (non-hydrogen) atoms. The summed E-state index contributed by atoms with van der Waals surface area (Å²) in [6.07, 6.45) is 0. The third-order valence-electron chi connectivity index (χ3n) is 3.23. The van der Waals surface area contributed by atoms with Gasteiger partial charge in [-0.15, -0.1) is 0 Å². The number of rotatable bonds is 3. The number of benzene rings is 1. The fraction of sp³-hybridized carbons (Fsp3) is 0.538. The summed E-state index contributed by atoms with van der Waals surface area (Å²) in [6.45, 7) is 4.22. The number of hydrogen-bond donors (Lipinski definition) is 0. The van der Waals surface area contributed by atoms with Gasteiger partial charge in [0.05, 0.1) is 19.9 Å². The molecule has 0 aromatic heterocycles. The Hall–Kier alpha value is -1.42. The number of hydrogen-bond acceptors (Lipinski definition) is 4.